The molecule has 0 aliphatic heterocycles. The zero-order valence-electron chi connectivity index (χ0n) is 16.1. The van der Waals surface area contributed by atoms with Gasteiger partial charge in [0.15, 0.2) is 0 Å². The van der Waals surface area contributed by atoms with Gasteiger partial charge in [0.25, 0.3) is 5.22 Å². The minimum atomic E-state index is -0.348. The zero-order chi connectivity index (χ0) is 19.9. The predicted octanol–water partition coefficient (Wildman–Crippen LogP) is 4.24. The van der Waals surface area contributed by atoms with Crippen LogP contribution in [-0.2, 0) is 11.3 Å². The smallest absolute Gasteiger partial charge is 0.277 e. The molecule has 0 spiro atoms. The maximum absolute atomic E-state index is 12.3. The van der Waals surface area contributed by atoms with Gasteiger partial charge < -0.3 is 14.5 Å². The van der Waals surface area contributed by atoms with E-state index in [2.05, 4.69) is 15.5 Å². The van der Waals surface area contributed by atoms with Gasteiger partial charge in [-0.1, -0.05) is 41.6 Å². The van der Waals surface area contributed by atoms with E-state index in [1.807, 2.05) is 69.3 Å². The second kappa shape index (κ2) is 9.41. The fourth-order valence-electron chi connectivity index (χ4n) is 2.48. The minimum absolute atomic E-state index is 0.0774. The summed E-state index contributed by atoms with van der Waals surface area (Å²) < 4.78 is 11.1. The highest BCUT2D eigenvalue weighted by molar-refractivity contribution is 8.00. The van der Waals surface area contributed by atoms with Gasteiger partial charge in [-0.2, -0.15) is 0 Å². The number of aromatic nitrogens is 2. The van der Waals surface area contributed by atoms with Gasteiger partial charge in [0.05, 0.1) is 11.9 Å². The average molecular weight is 398 g/mol. The second-order valence-corrected chi connectivity index (χ2v) is 7.59. The van der Waals surface area contributed by atoms with Crippen LogP contribution in [0.3, 0.4) is 0 Å². The molecule has 0 unspecified atom stereocenters. The highest BCUT2D eigenvalue weighted by Gasteiger charge is 2.18. The number of carbonyl (C=O) groups is 1. The number of hydrogen-bond donors (Lipinski definition) is 1. The Morgan fingerprint density at radius 1 is 1.14 bits per heavy atom. The summed E-state index contributed by atoms with van der Waals surface area (Å²) in [5, 5.41) is 11.0. The third-order valence-corrected chi connectivity index (χ3v) is 4.99. The Morgan fingerprint density at radius 3 is 2.54 bits per heavy atom. The van der Waals surface area contributed by atoms with E-state index in [0.717, 1.165) is 16.9 Å². The summed E-state index contributed by atoms with van der Waals surface area (Å²) in [6.45, 7) is 6.90. The number of thioether (sulfide) groups is 1. The summed E-state index contributed by atoms with van der Waals surface area (Å²) in [7, 11) is 0. The Bertz CT molecular complexity index is 907. The third-order valence-electron chi connectivity index (χ3n) is 4.05. The van der Waals surface area contributed by atoms with Crippen molar-refractivity contribution in [3.05, 3.63) is 59.7 Å². The van der Waals surface area contributed by atoms with Crippen molar-refractivity contribution < 1.29 is 13.9 Å². The lowest BCUT2D eigenvalue weighted by molar-refractivity contribution is -0.120. The molecule has 2 aromatic carbocycles. The molecule has 1 aromatic heterocycles. The summed E-state index contributed by atoms with van der Waals surface area (Å²) in [6.07, 6.45) is 0. The number of carbonyl (C=O) groups excluding carboxylic acids is 1. The van der Waals surface area contributed by atoms with E-state index >= 15 is 0 Å². The fraction of sp³-hybridized carbons (Fsp3) is 0.286. The van der Waals surface area contributed by atoms with Crippen molar-refractivity contribution in [2.45, 2.75) is 37.8 Å². The molecular weight excluding hydrogens is 374 g/mol. The molecule has 0 radical (unpaired) electrons. The van der Waals surface area contributed by atoms with Crippen molar-refractivity contribution in [2.75, 3.05) is 6.61 Å². The van der Waals surface area contributed by atoms with Crippen LogP contribution >= 0.6 is 11.8 Å². The van der Waals surface area contributed by atoms with Gasteiger partial charge in [-0.15, -0.1) is 10.2 Å². The van der Waals surface area contributed by atoms with Crippen LogP contribution in [0.1, 0.15) is 25.0 Å². The molecule has 0 fully saturated rings. The van der Waals surface area contributed by atoms with Crippen LogP contribution in [-0.4, -0.2) is 28.0 Å². The number of nitrogens with zero attached hydrogens (tertiary/aromatic N) is 2. The summed E-state index contributed by atoms with van der Waals surface area (Å²) >= 11 is 1.24. The van der Waals surface area contributed by atoms with E-state index < -0.39 is 0 Å². The first-order chi connectivity index (χ1) is 13.5. The molecule has 0 saturated carbocycles. The van der Waals surface area contributed by atoms with E-state index in [4.69, 9.17) is 9.15 Å². The van der Waals surface area contributed by atoms with Crippen LogP contribution in [0.2, 0.25) is 0 Å². The van der Waals surface area contributed by atoms with Gasteiger partial charge in [0, 0.05) is 12.1 Å². The molecule has 7 heteroatoms. The van der Waals surface area contributed by atoms with E-state index in [1.54, 1.807) is 0 Å². The number of benzene rings is 2. The number of amides is 1. The zero-order valence-corrected chi connectivity index (χ0v) is 17.0. The Hall–Kier alpha value is -2.80. The molecule has 146 valence electrons. The first-order valence-corrected chi connectivity index (χ1v) is 9.99. The molecule has 3 aromatic rings. The van der Waals surface area contributed by atoms with Crippen molar-refractivity contribution in [3.8, 4) is 17.2 Å². The van der Waals surface area contributed by atoms with Crippen molar-refractivity contribution in [3.63, 3.8) is 0 Å². The van der Waals surface area contributed by atoms with Crippen molar-refractivity contribution in [2.24, 2.45) is 0 Å². The van der Waals surface area contributed by atoms with E-state index in [9.17, 15) is 4.79 Å². The molecule has 1 heterocycles. The van der Waals surface area contributed by atoms with Crippen LogP contribution < -0.4 is 10.1 Å². The van der Waals surface area contributed by atoms with E-state index in [0.29, 0.717) is 24.3 Å². The summed E-state index contributed by atoms with van der Waals surface area (Å²) in [5.41, 5.74) is 3.06. The molecule has 0 aliphatic rings. The Balaban J connectivity index is 1.54. The van der Waals surface area contributed by atoms with Gasteiger partial charge in [0.2, 0.25) is 11.8 Å². The Labute approximate surface area is 168 Å². The summed E-state index contributed by atoms with van der Waals surface area (Å²) in [5.74, 6) is 1.13. The normalized spacial score (nSPS) is 11.8. The number of hydrogen-bond acceptors (Lipinski definition) is 6. The maximum Gasteiger partial charge on any atom is 0.277 e. The Kier molecular flexibility index (Phi) is 6.71. The molecule has 1 amide bonds. The lowest BCUT2D eigenvalue weighted by Gasteiger charge is -2.10. The largest absolute Gasteiger partial charge is 0.494 e. The van der Waals surface area contributed by atoms with Crippen molar-refractivity contribution in [1.82, 2.24) is 15.5 Å². The standard InChI is InChI=1S/C21H23N3O3S/c1-4-26-18-11-9-17(10-12-18)20-23-24-21(27-20)28-15(3)19(25)22-13-16-7-5-14(2)6-8-16/h5-12,15H,4,13H2,1-3H3,(H,22,25)/t15-/m1/s1. The second-order valence-electron chi connectivity index (χ2n) is 6.29. The lowest BCUT2D eigenvalue weighted by atomic mass is 10.1. The lowest BCUT2D eigenvalue weighted by Crippen LogP contribution is -2.30. The van der Waals surface area contributed by atoms with Gasteiger partial charge in [-0.05, 0) is 50.6 Å². The number of nitrogens with one attached hydrogen (secondary N) is 1. The topological polar surface area (TPSA) is 77.2 Å². The maximum atomic E-state index is 12.3. The molecule has 6 nitrogen and oxygen atoms in total. The van der Waals surface area contributed by atoms with Gasteiger partial charge in [-0.3, -0.25) is 4.79 Å². The molecule has 3 rings (SSSR count). The van der Waals surface area contributed by atoms with E-state index in [-0.39, 0.29) is 11.2 Å². The van der Waals surface area contributed by atoms with Crippen molar-refractivity contribution in [1.29, 1.82) is 0 Å². The van der Waals surface area contributed by atoms with E-state index in [1.165, 1.54) is 17.3 Å². The molecule has 0 bridgehead atoms. The van der Waals surface area contributed by atoms with Gasteiger partial charge in [0.1, 0.15) is 5.75 Å². The van der Waals surface area contributed by atoms with Crippen LogP contribution in [0.4, 0.5) is 0 Å². The van der Waals surface area contributed by atoms with Crippen LogP contribution in [0.5, 0.6) is 5.75 Å². The molecule has 0 saturated heterocycles. The fourth-order valence-corrected chi connectivity index (χ4v) is 3.19. The predicted molar refractivity (Wildman–Crippen MR) is 109 cm³/mol. The number of rotatable bonds is 8. The highest BCUT2D eigenvalue weighted by Crippen LogP contribution is 2.27. The number of aryl methyl sites for hydroxylation is 1. The first-order valence-electron chi connectivity index (χ1n) is 9.12. The Morgan fingerprint density at radius 2 is 1.86 bits per heavy atom. The monoisotopic (exact) mass is 397 g/mol. The average Bonchev–Trinajstić information content (AvgIpc) is 3.16. The highest BCUT2D eigenvalue weighted by atomic mass is 32.2. The van der Waals surface area contributed by atoms with Crippen molar-refractivity contribution >= 4 is 17.7 Å². The number of ether oxygens (including phenoxy) is 1. The van der Waals surface area contributed by atoms with Gasteiger partial charge in [-0.25, -0.2) is 0 Å². The SMILES string of the molecule is CCOc1ccc(-c2nnc(S[C@H](C)C(=O)NCc3ccc(C)cc3)o2)cc1. The molecule has 28 heavy (non-hydrogen) atoms. The quantitative estimate of drug-likeness (QED) is 0.573. The molecule has 1 N–H and O–H groups in total. The molecule has 0 aliphatic carbocycles. The van der Waals surface area contributed by atoms with Crippen LogP contribution in [0.15, 0.2) is 58.2 Å². The third kappa shape index (κ3) is 5.36. The summed E-state index contributed by atoms with van der Waals surface area (Å²) in [6, 6.07) is 15.5. The minimum Gasteiger partial charge on any atom is -0.494 e. The molecular formula is C21H23N3O3S. The van der Waals surface area contributed by atoms with Gasteiger partial charge >= 0.3 is 0 Å². The summed E-state index contributed by atoms with van der Waals surface area (Å²) in [4.78, 5) is 12.3. The first kappa shape index (κ1) is 19.9. The van der Waals surface area contributed by atoms with Crippen LogP contribution in [0, 0.1) is 6.92 Å². The molecule has 1 atom stereocenters. The van der Waals surface area contributed by atoms with Crippen LogP contribution in [0.25, 0.3) is 11.5 Å².